The average molecular weight is 497 g/mol. The largest absolute Gasteiger partial charge is 0.416 e. The number of benzene rings is 2. The fourth-order valence-corrected chi connectivity index (χ4v) is 5.45. The van der Waals surface area contributed by atoms with E-state index < -0.39 is 75.5 Å². The highest BCUT2D eigenvalue weighted by molar-refractivity contribution is 6.09. The number of nitrogens with one attached hydrogen (secondary N) is 3. The van der Waals surface area contributed by atoms with Crippen molar-refractivity contribution < 1.29 is 40.7 Å². The first-order valence-electron chi connectivity index (χ1n) is 10.6. The molecule has 1 heterocycles. The molecule has 2 aromatic carbocycles. The fraction of sp³-hybridized carbons (Fsp3) is 0.348. The Balaban J connectivity index is 1.45. The molecule has 3 saturated carbocycles. The molecule has 2 aromatic rings. The predicted molar refractivity (Wildman–Crippen MR) is 109 cm³/mol. The summed E-state index contributed by atoms with van der Waals surface area (Å²) in [4.78, 5) is 37.5. The van der Waals surface area contributed by atoms with Crippen LogP contribution in [0.25, 0.3) is 11.1 Å². The van der Waals surface area contributed by atoms with Crippen molar-refractivity contribution in [3.63, 3.8) is 0 Å². The number of hydrogen-bond donors (Lipinski definition) is 3. The third kappa shape index (κ3) is 3.37. The van der Waals surface area contributed by atoms with Crippen LogP contribution in [0.4, 0.5) is 31.1 Å². The van der Waals surface area contributed by atoms with E-state index in [9.17, 15) is 40.7 Å². The van der Waals surface area contributed by atoms with Crippen molar-refractivity contribution in [1.82, 2.24) is 16.0 Å². The second kappa shape index (κ2) is 7.22. The van der Waals surface area contributed by atoms with E-state index >= 15 is 0 Å². The van der Waals surface area contributed by atoms with Gasteiger partial charge < -0.3 is 10.6 Å². The fourth-order valence-electron chi connectivity index (χ4n) is 5.45. The number of rotatable bonds is 5. The van der Waals surface area contributed by atoms with Crippen molar-refractivity contribution in [2.24, 2.45) is 5.41 Å². The molecule has 0 unspecified atom stereocenters. The lowest BCUT2D eigenvalue weighted by molar-refractivity contribution is -0.246. The lowest BCUT2D eigenvalue weighted by Gasteiger charge is -2.70. The number of alkyl halides is 4. The van der Waals surface area contributed by atoms with Crippen LogP contribution in [0.5, 0.6) is 0 Å². The second-order valence-electron chi connectivity index (χ2n) is 9.32. The summed E-state index contributed by atoms with van der Waals surface area (Å²) in [7, 11) is 0. The van der Waals surface area contributed by atoms with Crippen LogP contribution in [-0.2, 0) is 11.0 Å². The Morgan fingerprint density at radius 1 is 1.00 bits per heavy atom. The number of halogens is 6. The Morgan fingerprint density at radius 2 is 1.63 bits per heavy atom. The summed E-state index contributed by atoms with van der Waals surface area (Å²) in [6.07, 6.45) is -4.60. The molecule has 1 aliphatic heterocycles. The third-order valence-corrected chi connectivity index (χ3v) is 7.17. The smallest absolute Gasteiger partial charge is 0.349 e. The summed E-state index contributed by atoms with van der Waals surface area (Å²) >= 11 is 0. The van der Waals surface area contributed by atoms with Gasteiger partial charge in [-0.25, -0.2) is 18.0 Å². The molecular weight excluding hydrogens is 480 g/mol. The standard InChI is InChI=1S/C23H17F6N3O3/c24-14-6-5-13(15(16(14)25)11-1-3-12(4-2-11)23(27,28)29)17(33)30-10-22(18(34)31-19(35)32-22)20-7-21(26,8-20)9-20/h1-6H,7-10H2,(H,30,33)(H2,31,32,34,35)/t20?,21?,22-/m1/s1. The first kappa shape index (κ1) is 23.2. The third-order valence-electron chi connectivity index (χ3n) is 7.17. The van der Waals surface area contributed by atoms with E-state index in [2.05, 4.69) is 16.0 Å². The molecule has 6 rings (SSSR count). The number of carbonyl (C=O) groups excluding carboxylic acids is 3. The molecule has 0 spiro atoms. The van der Waals surface area contributed by atoms with Gasteiger partial charge in [0.05, 0.1) is 17.7 Å². The first-order chi connectivity index (χ1) is 16.3. The van der Waals surface area contributed by atoms with Gasteiger partial charge in [0, 0.05) is 11.0 Å². The van der Waals surface area contributed by atoms with E-state index in [1.807, 2.05) is 0 Å². The van der Waals surface area contributed by atoms with Crippen molar-refractivity contribution in [2.75, 3.05) is 6.54 Å². The summed E-state index contributed by atoms with van der Waals surface area (Å²) in [5.74, 6) is -4.47. The quantitative estimate of drug-likeness (QED) is 0.433. The lowest BCUT2D eigenvalue weighted by atomic mass is 9.36. The highest BCUT2D eigenvalue weighted by Gasteiger charge is 2.79. The van der Waals surface area contributed by atoms with Gasteiger partial charge >= 0.3 is 12.2 Å². The molecule has 4 aliphatic rings. The average Bonchev–Trinajstić information content (AvgIpc) is 3.04. The topological polar surface area (TPSA) is 87.3 Å². The van der Waals surface area contributed by atoms with E-state index in [4.69, 9.17) is 0 Å². The van der Waals surface area contributed by atoms with Crippen LogP contribution in [0.1, 0.15) is 35.2 Å². The van der Waals surface area contributed by atoms with Gasteiger partial charge in [0.15, 0.2) is 11.6 Å². The summed E-state index contributed by atoms with van der Waals surface area (Å²) in [5.41, 5.74) is -6.10. The Hall–Kier alpha value is -3.57. The monoisotopic (exact) mass is 497 g/mol. The zero-order chi connectivity index (χ0) is 25.4. The zero-order valence-corrected chi connectivity index (χ0v) is 17.8. The summed E-state index contributed by atoms with van der Waals surface area (Å²) in [5, 5.41) is 7.01. The van der Waals surface area contributed by atoms with Gasteiger partial charge in [-0.2, -0.15) is 13.2 Å². The van der Waals surface area contributed by atoms with Crippen molar-refractivity contribution in [3.05, 3.63) is 59.2 Å². The van der Waals surface area contributed by atoms with Gasteiger partial charge in [0.1, 0.15) is 11.2 Å². The highest BCUT2D eigenvalue weighted by atomic mass is 19.4. The molecule has 12 heteroatoms. The number of hydrogen-bond acceptors (Lipinski definition) is 3. The van der Waals surface area contributed by atoms with E-state index in [1.165, 1.54) is 0 Å². The Morgan fingerprint density at radius 3 is 2.14 bits per heavy atom. The van der Waals surface area contributed by atoms with Gasteiger partial charge in [-0.1, -0.05) is 12.1 Å². The van der Waals surface area contributed by atoms with Gasteiger partial charge in [0.25, 0.3) is 11.8 Å². The van der Waals surface area contributed by atoms with Crippen LogP contribution in [0.3, 0.4) is 0 Å². The molecule has 3 N–H and O–H groups in total. The van der Waals surface area contributed by atoms with Gasteiger partial charge in [0.2, 0.25) is 0 Å². The SMILES string of the molecule is O=C1NC(=O)[C@](CNC(=O)c2ccc(F)c(F)c2-c2ccc(C(F)(F)F)cc2)(C23CC(F)(C2)C3)N1. The van der Waals surface area contributed by atoms with Crippen LogP contribution in [0.2, 0.25) is 0 Å². The first-order valence-corrected chi connectivity index (χ1v) is 10.6. The van der Waals surface area contributed by atoms with E-state index in [-0.39, 0.29) is 24.8 Å². The predicted octanol–water partition coefficient (Wildman–Crippen LogP) is 3.85. The molecule has 1 saturated heterocycles. The maximum absolute atomic E-state index is 14.7. The molecule has 2 bridgehead atoms. The number of carbonyl (C=O) groups is 3. The van der Waals surface area contributed by atoms with E-state index in [0.29, 0.717) is 18.2 Å². The molecule has 0 aromatic heterocycles. The number of imide groups is 1. The Bertz CT molecular complexity index is 1260. The molecule has 184 valence electrons. The van der Waals surface area contributed by atoms with Gasteiger partial charge in [-0.3, -0.25) is 14.9 Å². The zero-order valence-electron chi connectivity index (χ0n) is 17.8. The highest BCUT2D eigenvalue weighted by Crippen LogP contribution is 2.73. The van der Waals surface area contributed by atoms with Crippen LogP contribution in [0, 0.1) is 17.0 Å². The van der Waals surface area contributed by atoms with Crippen LogP contribution in [-0.4, -0.2) is 35.6 Å². The van der Waals surface area contributed by atoms with Gasteiger partial charge in [-0.15, -0.1) is 0 Å². The number of urea groups is 1. The Labute approximate surface area is 194 Å². The minimum absolute atomic E-state index is 0.0194. The minimum atomic E-state index is -4.65. The number of amides is 4. The lowest BCUT2D eigenvalue weighted by Crippen LogP contribution is -2.80. The maximum Gasteiger partial charge on any atom is 0.416 e. The van der Waals surface area contributed by atoms with Crippen molar-refractivity contribution in [2.45, 2.75) is 36.6 Å². The van der Waals surface area contributed by atoms with Crippen LogP contribution >= 0.6 is 0 Å². The molecule has 0 radical (unpaired) electrons. The molecule has 35 heavy (non-hydrogen) atoms. The van der Waals surface area contributed by atoms with Crippen LogP contribution < -0.4 is 16.0 Å². The summed E-state index contributed by atoms with van der Waals surface area (Å²) in [6, 6.07) is 4.00. The molecule has 6 nitrogen and oxygen atoms in total. The molecule has 1 atom stereocenters. The van der Waals surface area contributed by atoms with E-state index in [0.717, 1.165) is 18.2 Å². The van der Waals surface area contributed by atoms with Gasteiger partial charge in [-0.05, 0) is 49.1 Å². The van der Waals surface area contributed by atoms with E-state index in [1.54, 1.807) is 0 Å². The normalized spacial score (nSPS) is 29.1. The Kier molecular flexibility index (Phi) is 4.78. The maximum atomic E-state index is 14.7. The van der Waals surface area contributed by atoms with Crippen molar-refractivity contribution in [3.8, 4) is 11.1 Å². The molecule has 4 amide bonds. The molecule has 3 aliphatic carbocycles. The summed E-state index contributed by atoms with van der Waals surface area (Å²) < 4.78 is 81.6. The van der Waals surface area contributed by atoms with Crippen molar-refractivity contribution in [1.29, 1.82) is 0 Å². The van der Waals surface area contributed by atoms with Crippen molar-refractivity contribution >= 4 is 17.8 Å². The second-order valence-corrected chi connectivity index (χ2v) is 9.32. The molecular formula is C23H17F6N3O3. The summed E-state index contributed by atoms with van der Waals surface area (Å²) in [6.45, 7) is -0.453. The minimum Gasteiger partial charge on any atom is -0.349 e. The molecule has 4 fully saturated rings. The van der Waals surface area contributed by atoms with Crippen LogP contribution in [0.15, 0.2) is 36.4 Å².